The van der Waals surface area contributed by atoms with Crippen molar-refractivity contribution in [2.75, 3.05) is 19.6 Å². The Morgan fingerprint density at radius 2 is 2.20 bits per heavy atom. The predicted molar refractivity (Wildman–Crippen MR) is 114 cm³/mol. The Morgan fingerprint density at radius 1 is 1.36 bits per heavy atom. The normalized spacial score (nSPS) is 11.1. The van der Waals surface area contributed by atoms with Crippen LogP contribution in [0.1, 0.15) is 18.9 Å². The lowest BCUT2D eigenvalue weighted by molar-refractivity contribution is 0.596. The first-order chi connectivity index (χ1) is 11.7. The van der Waals surface area contributed by atoms with Gasteiger partial charge in [0, 0.05) is 36.5 Å². The van der Waals surface area contributed by atoms with Gasteiger partial charge >= 0.3 is 0 Å². The van der Waals surface area contributed by atoms with Crippen LogP contribution < -0.4 is 10.6 Å². The van der Waals surface area contributed by atoms with Gasteiger partial charge in [0.2, 0.25) is 0 Å². The van der Waals surface area contributed by atoms with Crippen LogP contribution in [0, 0.1) is 5.82 Å². The van der Waals surface area contributed by atoms with E-state index in [2.05, 4.69) is 36.7 Å². The summed E-state index contributed by atoms with van der Waals surface area (Å²) < 4.78 is 16.4. The molecule has 2 N–H and O–H groups in total. The van der Waals surface area contributed by atoms with Gasteiger partial charge in [-0.1, -0.05) is 22.0 Å². The second-order valence-electron chi connectivity index (χ2n) is 5.30. The van der Waals surface area contributed by atoms with Crippen LogP contribution in [0.3, 0.4) is 0 Å². The summed E-state index contributed by atoms with van der Waals surface area (Å²) in [7, 11) is 0. The Morgan fingerprint density at radius 3 is 2.88 bits per heavy atom. The van der Waals surface area contributed by atoms with Crippen LogP contribution in [0.5, 0.6) is 0 Å². The van der Waals surface area contributed by atoms with E-state index in [9.17, 15) is 4.39 Å². The number of hydrogen-bond acceptors (Lipinski definition) is 2. The molecular weight excluding hydrogens is 500 g/mol. The minimum atomic E-state index is -0.169. The third-order valence-corrected chi connectivity index (χ3v) is 3.92. The lowest BCUT2D eigenvalue weighted by atomic mass is 10.1. The number of guanidine groups is 1. The number of nitrogens with zero attached hydrogens (tertiary/aromatic N) is 3. The fourth-order valence-corrected chi connectivity index (χ4v) is 2.58. The van der Waals surface area contributed by atoms with Crippen LogP contribution in [-0.2, 0) is 13.0 Å². The molecule has 0 fully saturated rings. The molecule has 2 rings (SSSR count). The highest BCUT2D eigenvalue weighted by Crippen LogP contribution is 2.16. The van der Waals surface area contributed by atoms with Gasteiger partial charge in [0.25, 0.3) is 0 Å². The van der Waals surface area contributed by atoms with Gasteiger partial charge in [-0.15, -0.1) is 24.0 Å². The van der Waals surface area contributed by atoms with Gasteiger partial charge in [-0.25, -0.2) is 4.39 Å². The SMILES string of the molecule is CCNC(=NCCCc1ccc(Br)cc1F)NCCn1cccn1.I. The molecule has 0 saturated heterocycles. The summed E-state index contributed by atoms with van der Waals surface area (Å²) in [5.74, 6) is 0.610. The Kier molecular flexibility index (Phi) is 10.7. The summed E-state index contributed by atoms with van der Waals surface area (Å²) in [4.78, 5) is 4.53. The van der Waals surface area contributed by atoms with E-state index < -0.39 is 0 Å². The second kappa shape index (κ2) is 12.2. The first-order valence-electron chi connectivity index (χ1n) is 8.12. The van der Waals surface area contributed by atoms with Gasteiger partial charge in [-0.05, 0) is 43.5 Å². The molecule has 1 heterocycles. The Bertz CT molecular complexity index is 648. The van der Waals surface area contributed by atoms with Crippen molar-refractivity contribution in [3.05, 3.63) is 52.5 Å². The first-order valence-corrected chi connectivity index (χ1v) is 8.92. The van der Waals surface area contributed by atoms with Gasteiger partial charge in [0.15, 0.2) is 5.96 Å². The van der Waals surface area contributed by atoms with Crippen molar-refractivity contribution in [1.29, 1.82) is 0 Å². The minimum absolute atomic E-state index is 0. The summed E-state index contributed by atoms with van der Waals surface area (Å²) in [5, 5.41) is 10.6. The molecule has 1 aromatic carbocycles. The van der Waals surface area contributed by atoms with E-state index in [-0.39, 0.29) is 29.8 Å². The molecule has 25 heavy (non-hydrogen) atoms. The monoisotopic (exact) mass is 523 g/mol. The molecule has 0 aliphatic carbocycles. The summed E-state index contributed by atoms with van der Waals surface area (Å²) in [5.41, 5.74) is 0.727. The molecule has 2 aromatic rings. The third kappa shape index (κ3) is 8.17. The zero-order valence-electron chi connectivity index (χ0n) is 14.2. The molecule has 0 radical (unpaired) electrons. The summed E-state index contributed by atoms with van der Waals surface area (Å²) in [6, 6.07) is 7.08. The molecule has 0 amide bonds. The van der Waals surface area contributed by atoms with Gasteiger partial charge in [0.05, 0.1) is 6.54 Å². The second-order valence-corrected chi connectivity index (χ2v) is 6.21. The topological polar surface area (TPSA) is 54.2 Å². The van der Waals surface area contributed by atoms with Crippen LogP contribution in [-0.4, -0.2) is 35.4 Å². The van der Waals surface area contributed by atoms with E-state index in [4.69, 9.17) is 0 Å². The fourth-order valence-electron chi connectivity index (χ4n) is 2.25. The molecule has 5 nitrogen and oxygen atoms in total. The predicted octanol–water partition coefficient (Wildman–Crippen LogP) is 3.59. The van der Waals surface area contributed by atoms with Crippen molar-refractivity contribution in [2.45, 2.75) is 26.3 Å². The van der Waals surface area contributed by atoms with E-state index in [1.165, 1.54) is 6.07 Å². The summed E-state index contributed by atoms with van der Waals surface area (Å²) in [6.45, 7) is 5.00. The maximum Gasteiger partial charge on any atom is 0.191 e. The average Bonchev–Trinajstić information content (AvgIpc) is 3.06. The van der Waals surface area contributed by atoms with Crippen LogP contribution >= 0.6 is 39.9 Å². The van der Waals surface area contributed by atoms with Gasteiger partial charge in [0.1, 0.15) is 5.82 Å². The maximum atomic E-state index is 13.8. The van der Waals surface area contributed by atoms with Gasteiger partial charge in [-0.3, -0.25) is 9.67 Å². The number of aliphatic imine (C=N–C) groups is 1. The van der Waals surface area contributed by atoms with E-state index >= 15 is 0 Å². The number of rotatable bonds is 8. The number of hydrogen-bond donors (Lipinski definition) is 2. The minimum Gasteiger partial charge on any atom is -0.357 e. The summed E-state index contributed by atoms with van der Waals surface area (Å²) in [6.07, 6.45) is 5.17. The zero-order chi connectivity index (χ0) is 17.2. The van der Waals surface area contributed by atoms with Crippen LogP contribution in [0.25, 0.3) is 0 Å². The standard InChI is InChI=1S/C17H23BrFN5.HI/c1-2-20-17(22-10-12-24-11-4-9-23-24)21-8-3-5-14-6-7-15(18)13-16(14)19;/h4,6-7,9,11,13H,2-3,5,8,10,12H2,1H3,(H2,20,21,22);1H. The van der Waals surface area contributed by atoms with Crippen molar-refractivity contribution < 1.29 is 4.39 Å². The zero-order valence-corrected chi connectivity index (χ0v) is 18.1. The molecule has 0 saturated carbocycles. The average molecular weight is 524 g/mol. The highest BCUT2D eigenvalue weighted by atomic mass is 127. The molecule has 0 atom stereocenters. The molecule has 0 bridgehead atoms. The molecule has 0 spiro atoms. The first kappa shape index (κ1) is 21.9. The molecule has 0 aliphatic heterocycles. The lowest BCUT2D eigenvalue weighted by Gasteiger charge is -2.11. The van der Waals surface area contributed by atoms with E-state index in [1.807, 2.05) is 36.0 Å². The maximum absolute atomic E-state index is 13.8. The Hall–Kier alpha value is -1.16. The van der Waals surface area contributed by atoms with Crippen molar-refractivity contribution >= 4 is 45.9 Å². The number of aryl methyl sites for hydroxylation is 1. The largest absolute Gasteiger partial charge is 0.357 e. The van der Waals surface area contributed by atoms with Gasteiger partial charge < -0.3 is 10.6 Å². The van der Waals surface area contributed by atoms with Crippen LogP contribution in [0.15, 0.2) is 46.1 Å². The van der Waals surface area contributed by atoms with Crippen LogP contribution in [0.2, 0.25) is 0 Å². The smallest absolute Gasteiger partial charge is 0.191 e. The number of aromatic nitrogens is 2. The molecule has 8 heteroatoms. The highest BCUT2D eigenvalue weighted by Gasteiger charge is 2.03. The summed E-state index contributed by atoms with van der Waals surface area (Å²) >= 11 is 3.27. The van der Waals surface area contributed by atoms with Crippen molar-refractivity contribution in [3.8, 4) is 0 Å². The van der Waals surface area contributed by atoms with E-state index in [0.717, 1.165) is 42.1 Å². The van der Waals surface area contributed by atoms with E-state index in [0.29, 0.717) is 13.0 Å². The van der Waals surface area contributed by atoms with E-state index in [1.54, 1.807) is 6.20 Å². The quantitative estimate of drug-likeness (QED) is 0.240. The fraction of sp³-hybridized carbons (Fsp3) is 0.412. The molecule has 138 valence electrons. The lowest BCUT2D eigenvalue weighted by Crippen LogP contribution is -2.39. The number of halogens is 3. The number of benzene rings is 1. The van der Waals surface area contributed by atoms with Crippen molar-refractivity contribution in [2.24, 2.45) is 4.99 Å². The number of nitrogens with one attached hydrogen (secondary N) is 2. The van der Waals surface area contributed by atoms with Crippen LogP contribution in [0.4, 0.5) is 4.39 Å². The molecule has 0 unspecified atom stereocenters. The molecule has 1 aromatic heterocycles. The Balaban J connectivity index is 0.00000312. The van der Waals surface area contributed by atoms with Crippen molar-refractivity contribution in [3.63, 3.8) is 0 Å². The molecule has 0 aliphatic rings. The third-order valence-electron chi connectivity index (χ3n) is 3.43. The van der Waals surface area contributed by atoms with Gasteiger partial charge in [-0.2, -0.15) is 5.10 Å². The Labute approximate surface area is 173 Å². The molecular formula is C17H24BrFIN5. The highest BCUT2D eigenvalue weighted by molar-refractivity contribution is 14.0. The van der Waals surface area contributed by atoms with Crippen molar-refractivity contribution in [1.82, 2.24) is 20.4 Å².